The lowest BCUT2D eigenvalue weighted by atomic mass is 9.69. The maximum absolute atomic E-state index is 12.1. The van der Waals surface area contributed by atoms with Crippen LogP contribution in [0.15, 0.2) is 0 Å². The van der Waals surface area contributed by atoms with Gasteiger partial charge in [0, 0.05) is 18.9 Å². The summed E-state index contributed by atoms with van der Waals surface area (Å²) in [4.78, 5) is 23.1. The van der Waals surface area contributed by atoms with Gasteiger partial charge in [-0.2, -0.15) is 0 Å². The van der Waals surface area contributed by atoms with Gasteiger partial charge in [0.25, 0.3) is 0 Å². The van der Waals surface area contributed by atoms with Gasteiger partial charge in [-0.05, 0) is 37.0 Å². The minimum absolute atomic E-state index is 0.0540. The first-order valence-corrected chi connectivity index (χ1v) is 7.39. The van der Waals surface area contributed by atoms with E-state index in [0.717, 1.165) is 25.7 Å². The second-order valence-corrected chi connectivity index (χ2v) is 6.83. The quantitative estimate of drug-likeness (QED) is 0.718. The average Bonchev–Trinajstić information content (AvgIpc) is 2.37. The van der Waals surface area contributed by atoms with Crippen LogP contribution in [0.25, 0.3) is 0 Å². The number of carbonyl (C=O) groups is 2. The number of carboxylic acid groups (broad SMARTS) is 1. The summed E-state index contributed by atoms with van der Waals surface area (Å²) >= 11 is 0. The van der Waals surface area contributed by atoms with Crippen LogP contribution in [-0.2, 0) is 9.59 Å². The lowest BCUT2D eigenvalue weighted by Gasteiger charge is -2.36. The van der Waals surface area contributed by atoms with E-state index >= 15 is 0 Å². The molecule has 0 unspecified atom stereocenters. The number of aliphatic hydroxyl groups excluding tert-OH is 1. The van der Waals surface area contributed by atoms with Gasteiger partial charge in [0.05, 0.1) is 0 Å². The highest BCUT2D eigenvalue weighted by Crippen LogP contribution is 2.39. The topological polar surface area (TPSA) is 86.6 Å². The Bertz CT molecular complexity index is 340. The fourth-order valence-corrected chi connectivity index (χ4v) is 2.90. The van der Waals surface area contributed by atoms with E-state index in [2.05, 4.69) is 26.1 Å². The molecule has 116 valence electrons. The van der Waals surface area contributed by atoms with Crippen molar-refractivity contribution in [1.29, 1.82) is 0 Å². The van der Waals surface area contributed by atoms with Gasteiger partial charge < -0.3 is 15.5 Å². The Morgan fingerprint density at radius 2 is 1.75 bits per heavy atom. The molecule has 5 heteroatoms. The van der Waals surface area contributed by atoms with Crippen molar-refractivity contribution in [3.8, 4) is 0 Å². The van der Waals surface area contributed by atoms with Gasteiger partial charge in [-0.3, -0.25) is 4.79 Å². The fourth-order valence-electron chi connectivity index (χ4n) is 2.90. The Balaban J connectivity index is 2.48. The number of aliphatic hydroxyl groups is 1. The molecule has 5 nitrogen and oxygen atoms in total. The van der Waals surface area contributed by atoms with Crippen LogP contribution in [0.4, 0.5) is 0 Å². The average molecular weight is 285 g/mol. The highest BCUT2D eigenvalue weighted by Gasteiger charge is 2.33. The van der Waals surface area contributed by atoms with Crippen LogP contribution in [0.1, 0.15) is 52.9 Å². The number of hydrogen-bond donors (Lipinski definition) is 3. The number of hydrogen-bond acceptors (Lipinski definition) is 3. The SMILES string of the molecule is CC(C)(C)C1CCC(C(=O)N[C@H](CCO)C(=O)O)CC1. The molecular formula is C15H27NO4. The van der Waals surface area contributed by atoms with Gasteiger partial charge in [-0.25, -0.2) is 4.79 Å². The maximum atomic E-state index is 12.1. The number of rotatable bonds is 5. The molecule has 0 spiro atoms. The Morgan fingerprint density at radius 3 is 2.15 bits per heavy atom. The van der Waals surface area contributed by atoms with Gasteiger partial charge in [0.15, 0.2) is 0 Å². The first kappa shape index (κ1) is 17.0. The third kappa shape index (κ3) is 4.78. The zero-order valence-corrected chi connectivity index (χ0v) is 12.7. The van der Waals surface area contributed by atoms with E-state index in [-0.39, 0.29) is 30.3 Å². The third-order valence-corrected chi connectivity index (χ3v) is 4.36. The van der Waals surface area contributed by atoms with E-state index in [4.69, 9.17) is 10.2 Å². The van der Waals surface area contributed by atoms with E-state index in [0.29, 0.717) is 5.92 Å². The summed E-state index contributed by atoms with van der Waals surface area (Å²) < 4.78 is 0. The summed E-state index contributed by atoms with van der Waals surface area (Å²) in [5.74, 6) is -0.734. The van der Waals surface area contributed by atoms with E-state index in [1.165, 1.54) is 0 Å². The lowest BCUT2D eigenvalue weighted by Crippen LogP contribution is -2.45. The first-order valence-electron chi connectivity index (χ1n) is 7.39. The molecule has 0 aromatic heterocycles. The summed E-state index contributed by atoms with van der Waals surface area (Å²) in [6, 6.07) is -0.979. The van der Waals surface area contributed by atoms with Crippen LogP contribution in [-0.4, -0.2) is 34.7 Å². The zero-order chi connectivity index (χ0) is 15.3. The summed E-state index contributed by atoms with van der Waals surface area (Å²) in [6.07, 6.45) is 3.72. The van der Waals surface area contributed by atoms with Gasteiger partial charge in [0.2, 0.25) is 5.91 Å². The molecule has 1 rings (SSSR count). The molecule has 1 saturated carbocycles. The van der Waals surface area contributed by atoms with Crippen molar-refractivity contribution in [3.63, 3.8) is 0 Å². The lowest BCUT2D eigenvalue weighted by molar-refractivity contribution is -0.143. The van der Waals surface area contributed by atoms with Crippen molar-refractivity contribution in [3.05, 3.63) is 0 Å². The van der Waals surface area contributed by atoms with E-state index in [1.54, 1.807) is 0 Å². The molecule has 3 N–H and O–H groups in total. The minimum atomic E-state index is -1.09. The molecule has 1 aliphatic carbocycles. The Morgan fingerprint density at radius 1 is 1.20 bits per heavy atom. The van der Waals surface area contributed by atoms with Crippen LogP contribution in [0.2, 0.25) is 0 Å². The number of amides is 1. The van der Waals surface area contributed by atoms with Gasteiger partial charge >= 0.3 is 5.97 Å². The Labute approximate surface area is 120 Å². The maximum Gasteiger partial charge on any atom is 0.326 e. The molecule has 0 bridgehead atoms. The van der Waals surface area contributed by atoms with Crippen molar-refractivity contribution in [1.82, 2.24) is 5.32 Å². The highest BCUT2D eigenvalue weighted by atomic mass is 16.4. The number of carboxylic acids is 1. The predicted molar refractivity (Wildman–Crippen MR) is 76.2 cm³/mol. The van der Waals surface area contributed by atoms with Gasteiger partial charge in [0.1, 0.15) is 6.04 Å². The van der Waals surface area contributed by atoms with Crippen molar-refractivity contribution in [2.75, 3.05) is 6.61 Å². The molecule has 0 aromatic rings. The second-order valence-electron chi connectivity index (χ2n) is 6.83. The van der Waals surface area contributed by atoms with Crippen LogP contribution < -0.4 is 5.32 Å². The molecule has 0 heterocycles. The van der Waals surface area contributed by atoms with Crippen molar-refractivity contribution in [2.24, 2.45) is 17.3 Å². The zero-order valence-electron chi connectivity index (χ0n) is 12.7. The summed E-state index contributed by atoms with van der Waals surface area (Å²) in [7, 11) is 0. The fraction of sp³-hybridized carbons (Fsp3) is 0.867. The van der Waals surface area contributed by atoms with Gasteiger partial charge in [-0.1, -0.05) is 20.8 Å². The van der Waals surface area contributed by atoms with Crippen LogP contribution in [0.5, 0.6) is 0 Å². The van der Waals surface area contributed by atoms with E-state index in [1.807, 2.05) is 0 Å². The summed E-state index contributed by atoms with van der Waals surface area (Å²) in [5.41, 5.74) is 0.266. The predicted octanol–water partition coefficient (Wildman–Crippen LogP) is 1.79. The number of aliphatic carboxylic acids is 1. The molecule has 0 aliphatic heterocycles. The highest BCUT2D eigenvalue weighted by molar-refractivity contribution is 5.85. The van der Waals surface area contributed by atoms with Crippen molar-refractivity contribution >= 4 is 11.9 Å². The monoisotopic (exact) mass is 285 g/mol. The molecule has 0 radical (unpaired) electrons. The van der Waals surface area contributed by atoms with E-state index < -0.39 is 12.0 Å². The third-order valence-electron chi connectivity index (χ3n) is 4.36. The summed E-state index contributed by atoms with van der Waals surface area (Å²) in [5, 5.41) is 20.3. The Hall–Kier alpha value is -1.10. The molecule has 20 heavy (non-hydrogen) atoms. The standard InChI is InChI=1S/C15H27NO4/c1-15(2,3)11-6-4-10(5-7-11)13(18)16-12(8-9-17)14(19)20/h10-12,17H,4-9H2,1-3H3,(H,16,18)(H,19,20)/t10?,11?,12-/m1/s1. The Kier molecular flexibility index (Phi) is 5.99. The normalized spacial score (nSPS) is 25.0. The molecule has 1 aliphatic rings. The molecule has 0 aromatic carbocycles. The van der Waals surface area contributed by atoms with Gasteiger partial charge in [-0.15, -0.1) is 0 Å². The van der Waals surface area contributed by atoms with E-state index in [9.17, 15) is 9.59 Å². The smallest absolute Gasteiger partial charge is 0.326 e. The first-order chi connectivity index (χ1) is 9.25. The molecular weight excluding hydrogens is 258 g/mol. The number of nitrogens with one attached hydrogen (secondary N) is 1. The second kappa shape index (κ2) is 7.07. The van der Waals surface area contributed by atoms with Crippen molar-refractivity contribution in [2.45, 2.75) is 58.9 Å². The molecule has 1 fully saturated rings. The van der Waals surface area contributed by atoms with Crippen LogP contribution in [0.3, 0.4) is 0 Å². The molecule has 1 amide bonds. The number of carbonyl (C=O) groups excluding carboxylic acids is 1. The molecule has 0 saturated heterocycles. The van der Waals surface area contributed by atoms with Crippen molar-refractivity contribution < 1.29 is 19.8 Å². The largest absolute Gasteiger partial charge is 0.480 e. The van der Waals surface area contributed by atoms with Crippen LogP contribution in [0, 0.1) is 17.3 Å². The minimum Gasteiger partial charge on any atom is -0.480 e. The van der Waals surface area contributed by atoms with Crippen LogP contribution >= 0.6 is 0 Å². The summed E-state index contributed by atoms with van der Waals surface area (Å²) in [6.45, 7) is 6.42. The molecule has 1 atom stereocenters.